The molecule has 2 aliphatic rings. The first-order chi connectivity index (χ1) is 18.4. The third kappa shape index (κ3) is 7.21. The molecule has 0 aromatic heterocycles. The predicted octanol–water partition coefficient (Wildman–Crippen LogP) is 9.14. The molecule has 0 saturated carbocycles. The fourth-order valence-electron chi connectivity index (χ4n) is 6.68. The van der Waals surface area contributed by atoms with Crippen LogP contribution in [0.3, 0.4) is 0 Å². The maximum Gasteiger partial charge on any atom is 0.242 e. The minimum Gasteiger partial charge on any atom is -0.354 e. The van der Waals surface area contributed by atoms with Crippen LogP contribution in [0.5, 0.6) is 0 Å². The molecule has 226 valence electrons. The lowest BCUT2D eigenvalue weighted by Crippen LogP contribution is -2.47. The Labute approximate surface area is 246 Å². The van der Waals surface area contributed by atoms with Gasteiger partial charge in [0.1, 0.15) is 6.04 Å². The highest BCUT2D eigenvalue weighted by Crippen LogP contribution is 2.50. The summed E-state index contributed by atoms with van der Waals surface area (Å²) in [5.74, 6) is -0.0723. The molecule has 0 heterocycles. The maximum atomic E-state index is 13.4. The standard InChI is InChI=1S/C36H60N2O2/c1-14-34(10,11)19-16-15-17-31(33(40)37-22-21-36(13)29(8)25(4)26(5)30(36)9)38-32(39)18-20-35(12)27(6)23(2)24(3)28(35)7/h31H,14-22H2,1-13H3,(H,37,40)(H,38,39)/t31-/m0/s1. The summed E-state index contributed by atoms with van der Waals surface area (Å²) in [6, 6.07) is -0.487. The van der Waals surface area contributed by atoms with Crippen LogP contribution in [0.1, 0.15) is 141 Å². The molecular formula is C36H60N2O2. The zero-order chi connectivity index (χ0) is 30.6. The lowest BCUT2D eigenvalue weighted by Gasteiger charge is -2.30. The molecule has 2 aliphatic carbocycles. The Hall–Kier alpha value is -2.10. The van der Waals surface area contributed by atoms with Crippen LogP contribution in [-0.2, 0) is 9.59 Å². The van der Waals surface area contributed by atoms with Crippen molar-refractivity contribution in [2.75, 3.05) is 6.54 Å². The third-order valence-electron chi connectivity index (χ3n) is 11.7. The summed E-state index contributed by atoms with van der Waals surface area (Å²) in [6.45, 7) is 29.6. The molecule has 2 amide bonds. The molecule has 4 heteroatoms. The summed E-state index contributed by atoms with van der Waals surface area (Å²) in [7, 11) is 0. The molecule has 0 fully saturated rings. The molecule has 0 saturated heterocycles. The van der Waals surface area contributed by atoms with Crippen LogP contribution in [-0.4, -0.2) is 24.4 Å². The average molecular weight is 553 g/mol. The SMILES string of the molecule is CCC(C)(C)CCCC[C@H](NC(=O)CCC1(C)C(C)=C(C)C(C)=C1C)C(=O)NCCC1(C)C(C)=C(C)C(C)=C1C. The van der Waals surface area contributed by atoms with E-state index in [0.29, 0.717) is 24.8 Å². The van der Waals surface area contributed by atoms with Gasteiger partial charge in [-0.05, 0) is 109 Å². The summed E-state index contributed by atoms with van der Waals surface area (Å²) >= 11 is 0. The first-order valence-electron chi connectivity index (χ1n) is 15.7. The Kier molecular flexibility index (Phi) is 11.3. The number of allylic oxidation sites excluding steroid dienone is 8. The fraction of sp³-hybridized carbons (Fsp3) is 0.722. The molecule has 0 spiro atoms. The van der Waals surface area contributed by atoms with Crippen molar-refractivity contribution in [3.05, 3.63) is 44.6 Å². The second kappa shape index (κ2) is 13.3. The van der Waals surface area contributed by atoms with Crippen molar-refractivity contribution < 1.29 is 9.59 Å². The molecule has 0 aliphatic heterocycles. The highest BCUT2D eigenvalue weighted by Gasteiger charge is 2.37. The number of hydrogen-bond donors (Lipinski definition) is 2. The smallest absolute Gasteiger partial charge is 0.242 e. The summed E-state index contributed by atoms with van der Waals surface area (Å²) in [5.41, 5.74) is 11.2. The van der Waals surface area contributed by atoms with Gasteiger partial charge in [-0.15, -0.1) is 0 Å². The van der Waals surface area contributed by atoms with Gasteiger partial charge in [-0.2, -0.15) is 0 Å². The van der Waals surface area contributed by atoms with E-state index in [0.717, 1.165) is 38.5 Å². The van der Waals surface area contributed by atoms with Gasteiger partial charge in [0.2, 0.25) is 11.8 Å². The Bertz CT molecular complexity index is 1060. The molecule has 40 heavy (non-hydrogen) atoms. The highest BCUT2D eigenvalue weighted by molar-refractivity contribution is 5.87. The van der Waals surface area contributed by atoms with E-state index in [1.54, 1.807) is 0 Å². The van der Waals surface area contributed by atoms with Crippen molar-refractivity contribution in [2.45, 2.75) is 147 Å². The Balaban J connectivity index is 2.05. The van der Waals surface area contributed by atoms with Crippen LogP contribution in [0.4, 0.5) is 0 Å². The second-order valence-corrected chi connectivity index (χ2v) is 14.1. The van der Waals surface area contributed by atoms with Gasteiger partial charge in [-0.1, -0.05) is 76.2 Å². The van der Waals surface area contributed by atoms with Gasteiger partial charge in [0, 0.05) is 23.8 Å². The van der Waals surface area contributed by atoms with E-state index < -0.39 is 6.04 Å². The van der Waals surface area contributed by atoms with Crippen LogP contribution >= 0.6 is 0 Å². The van der Waals surface area contributed by atoms with Crippen molar-refractivity contribution in [1.29, 1.82) is 0 Å². The number of carbonyl (C=O) groups is 2. The van der Waals surface area contributed by atoms with Crippen molar-refractivity contribution in [3.63, 3.8) is 0 Å². The van der Waals surface area contributed by atoms with E-state index in [2.05, 4.69) is 101 Å². The van der Waals surface area contributed by atoms with Crippen molar-refractivity contribution >= 4 is 11.8 Å². The molecule has 0 aromatic rings. The Morgan fingerprint density at radius 1 is 0.750 bits per heavy atom. The minimum absolute atomic E-state index is 0.0182. The summed E-state index contributed by atoms with van der Waals surface area (Å²) in [4.78, 5) is 26.7. The lowest BCUT2D eigenvalue weighted by molar-refractivity contribution is -0.129. The largest absolute Gasteiger partial charge is 0.354 e. The van der Waals surface area contributed by atoms with Gasteiger partial charge >= 0.3 is 0 Å². The normalized spacial score (nSPS) is 19.6. The van der Waals surface area contributed by atoms with Gasteiger partial charge in [0.05, 0.1) is 0 Å². The summed E-state index contributed by atoms with van der Waals surface area (Å²) in [6.07, 6.45) is 7.00. The van der Waals surface area contributed by atoms with Crippen molar-refractivity contribution in [3.8, 4) is 0 Å². The average Bonchev–Trinajstić information content (AvgIpc) is 3.15. The van der Waals surface area contributed by atoms with E-state index in [9.17, 15) is 9.59 Å². The van der Waals surface area contributed by atoms with Crippen LogP contribution in [0, 0.1) is 16.2 Å². The highest BCUT2D eigenvalue weighted by atomic mass is 16.2. The third-order valence-corrected chi connectivity index (χ3v) is 11.7. The minimum atomic E-state index is -0.487. The molecule has 0 radical (unpaired) electrons. The maximum absolute atomic E-state index is 13.4. The molecule has 2 rings (SSSR count). The van der Waals surface area contributed by atoms with Gasteiger partial charge in [-0.25, -0.2) is 0 Å². The first kappa shape index (κ1) is 34.1. The topological polar surface area (TPSA) is 58.2 Å². The zero-order valence-corrected chi connectivity index (χ0v) is 28.3. The molecule has 1 atom stereocenters. The van der Waals surface area contributed by atoms with Crippen LogP contribution in [0.25, 0.3) is 0 Å². The molecular weight excluding hydrogens is 492 g/mol. The van der Waals surface area contributed by atoms with Crippen LogP contribution in [0.2, 0.25) is 0 Å². The number of nitrogens with one attached hydrogen (secondary N) is 2. The van der Waals surface area contributed by atoms with E-state index >= 15 is 0 Å². The summed E-state index contributed by atoms with van der Waals surface area (Å²) in [5, 5.41) is 6.34. The van der Waals surface area contributed by atoms with Crippen molar-refractivity contribution in [2.24, 2.45) is 16.2 Å². The molecule has 0 bridgehead atoms. The lowest BCUT2D eigenvalue weighted by atomic mass is 9.75. The van der Waals surface area contributed by atoms with Gasteiger partial charge in [-0.3, -0.25) is 9.59 Å². The molecule has 4 nitrogen and oxygen atoms in total. The van der Waals surface area contributed by atoms with Gasteiger partial charge in [0.25, 0.3) is 0 Å². The van der Waals surface area contributed by atoms with Crippen LogP contribution in [0.15, 0.2) is 44.6 Å². The predicted molar refractivity (Wildman–Crippen MR) is 171 cm³/mol. The number of hydrogen-bond acceptors (Lipinski definition) is 2. The number of carbonyl (C=O) groups excluding carboxylic acids is 2. The molecule has 0 unspecified atom stereocenters. The fourth-order valence-corrected chi connectivity index (χ4v) is 6.68. The van der Waals surface area contributed by atoms with E-state index in [1.807, 2.05) is 0 Å². The molecule has 2 N–H and O–H groups in total. The molecule has 0 aromatic carbocycles. The Morgan fingerprint density at radius 2 is 1.20 bits per heavy atom. The first-order valence-corrected chi connectivity index (χ1v) is 15.7. The number of rotatable bonds is 14. The van der Waals surface area contributed by atoms with E-state index in [4.69, 9.17) is 0 Å². The quantitative estimate of drug-likeness (QED) is 0.211. The number of unbranched alkanes of at least 4 members (excludes halogenated alkanes) is 1. The van der Waals surface area contributed by atoms with E-state index in [-0.39, 0.29) is 22.6 Å². The van der Waals surface area contributed by atoms with Crippen LogP contribution < -0.4 is 10.6 Å². The Morgan fingerprint density at radius 3 is 1.65 bits per heavy atom. The monoisotopic (exact) mass is 552 g/mol. The zero-order valence-electron chi connectivity index (χ0n) is 28.3. The second-order valence-electron chi connectivity index (χ2n) is 14.1. The number of amides is 2. The van der Waals surface area contributed by atoms with Gasteiger partial charge < -0.3 is 10.6 Å². The van der Waals surface area contributed by atoms with Gasteiger partial charge in [0.15, 0.2) is 0 Å². The van der Waals surface area contributed by atoms with E-state index in [1.165, 1.54) is 44.6 Å². The van der Waals surface area contributed by atoms with Crippen molar-refractivity contribution in [1.82, 2.24) is 10.6 Å². The summed E-state index contributed by atoms with van der Waals surface area (Å²) < 4.78 is 0.